The number of piperidine rings is 1. The van der Waals surface area contributed by atoms with Gasteiger partial charge in [-0.1, -0.05) is 30.2 Å². The van der Waals surface area contributed by atoms with Crippen LogP contribution in [0.1, 0.15) is 25.3 Å². The van der Waals surface area contributed by atoms with Gasteiger partial charge in [0.15, 0.2) is 0 Å². The lowest BCUT2D eigenvalue weighted by molar-refractivity contribution is 0.320. The highest BCUT2D eigenvalue weighted by molar-refractivity contribution is 5.81. The third kappa shape index (κ3) is 2.79. The van der Waals surface area contributed by atoms with Crippen molar-refractivity contribution < 1.29 is 0 Å². The molecule has 3 heteroatoms. The molecule has 1 aliphatic carbocycles. The zero-order chi connectivity index (χ0) is 14.9. The second kappa shape index (κ2) is 5.49. The first-order valence-electron chi connectivity index (χ1n) is 7.60. The first kappa shape index (κ1) is 14.1. The summed E-state index contributed by atoms with van der Waals surface area (Å²) in [6, 6.07) is 8.41. The molecule has 1 aliphatic heterocycles. The summed E-state index contributed by atoms with van der Waals surface area (Å²) in [5.41, 5.74) is 6.19. The predicted octanol–water partition coefficient (Wildman–Crippen LogP) is 3.64. The van der Waals surface area contributed by atoms with Crippen LogP contribution < -0.4 is 10.6 Å². The minimum Gasteiger partial charge on any atom is -0.355 e. The largest absolute Gasteiger partial charge is 0.355 e. The first-order valence-corrected chi connectivity index (χ1v) is 7.60. The molecule has 1 atom stereocenters. The molecule has 0 aromatic heterocycles. The second-order valence-corrected chi connectivity index (χ2v) is 6.41. The van der Waals surface area contributed by atoms with E-state index < -0.39 is 0 Å². The molecule has 0 amide bonds. The Bertz CT molecular complexity index is 610. The summed E-state index contributed by atoms with van der Waals surface area (Å²) < 4.78 is 0. The van der Waals surface area contributed by atoms with E-state index in [0.29, 0.717) is 0 Å². The fraction of sp³-hybridized carbons (Fsp3) is 0.389. The van der Waals surface area contributed by atoms with E-state index in [1.54, 1.807) is 0 Å². The molecule has 0 saturated carbocycles. The Morgan fingerprint density at radius 1 is 1.29 bits per heavy atom. The summed E-state index contributed by atoms with van der Waals surface area (Å²) in [6.45, 7) is 6.46. The Hall–Kier alpha value is -1.87. The Labute approximate surface area is 126 Å². The monoisotopic (exact) mass is 281 g/mol. The fourth-order valence-electron chi connectivity index (χ4n) is 3.25. The Morgan fingerprint density at radius 3 is 2.76 bits per heavy atom. The van der Waals surface area contributed by atoms with E-state index in [9.17, 15) is 0 Å². The molecule has 3 nitrogen and oxygen atoms in total. The second-order valence-electron chi connectivity index (χ2n) is 6.41. The first-order chi connectivity index (χ1) is 10.1. The van der Waals surface area contributed by atoms with E-state index in [1.165, 1.54) is 17.4 Å². The van der Waals surface area contributed by atoms with Crippen LogP contribution in [0, 0.1) is 17.7 Å². The van der Waals surface area contributed by atoms with Gasteiger partial charge >= 0.3 is 0 Å². The van der Waals surface area contributed by atoms with Crippen molar-refractivity contribution in [3.63, 3.8) is 0 Å². The van der Waals surface area contributed by atoms with Gasteiger partial charge in [-0.25, -0.2) is 0 Å². The molecule has 3 rings (SSSR count). The molecule has 0 bridgehead atoms. The Kier molecular flexibility index (Phi) is 3.68. The number of hydrogen-bond donors (Lipinski definition) is 3. The van der Waals surface area contributed by atoms with Crippen molar-refractivity contribution in [3.05, 3.63) is 52.7 Å². The fourth-order valence-corrected chi connectivity index (χ4v) is 3.25. The summed E-state index contributed by atoms with van der Waals surface area (Å²) in [5, 5.41) is 14.7. The number of hydrogen-bond acceptors (Lipinski definition) is 3. The van der Waals surface area contributed by atoms with Crippen LogP contribution in [0.3, 0.4) is 0 Å². The number of anilines is 1. The SMILES string of the molecule is Cc1ccc(NC2=C(C=N)CC3(C)CNCCC3=C2)cc1. The highest BCUT2D eigenvalue weighted by atomic mass is 14.9. The van der Waals surface area contributed by atoms with Gasteiger partial charge in [0.2, 0.25) is 0 Å². The molecule has 1 heterocycles. The van der Waals surface area contributed by atoms with Crippen molar-refractivity contribution >= 4 is 11.9 Å². The number of benzene rings is 1. The maximum atomic E-state index is 7.75. The third-order valence-corrected chi connectivity index (χ3v) is 4.61. The third-order valence-electron chi connectivity index (χ3n) is 4.61. The lowest BCUT2D eigenvalue weighted by Crippen LogP contribution is -2.41. The summed E-state index contributed by atoms with van der Waals surface area (Å²) in [6.07, 6.45) is 5.80. The molecular weight excluding hydrogens is 258 g/mol. The van der Waals surface area contributed by atoms with Crippen LogP contribution in [0.5, 0.6) is 0 Å². The average Bonchev–Trinajstić information content (AvgIpc) is 2.49. The van der Waals surface area contributed by atoms with Gasteiger partial charge in [-0.15, -0.1) is 0 Å². The van der Waals surface area contributed by atoms with Gasteiger partial charge in [0.1, 0.15) is 0 Å². The molecule has 0 spiro atoms. The molecule has 21 heavy (non-hydrogen) atoms. The minimum absolute atomic E-state index is 0.170. The number of fused-ring (bicyclic) bond motifs is 1. The summed E-state index contributed by atoms with van der Waals surface area (Å²) in [5.74, 6) is 0. The lowest BCUT2D eigenvalue weighted by Gasteiger charge is -2.40. The van der Waals surface area contributed by atoms with E-state index in [4.69, 9.17) is 5.41 Å². The minimum atomic E-state index is 0.170. The van der Waals surface area contributed by atoms with Crippen molar-refractivity contribution in [3.8, 4) is 0 Å². The summed E-state index contributed by atoms with van der Waals surface area (Å²) in [7, 11) is 0. The van der Waals surface area contributed by atoms with Crippen LogP contribution >= 0.6 is 0 Å². The Morgan fingerprint density at radius 2 is 2.05 bits per heavy atom. The smallest absolute Gasteiger partial charge is 0.0432 e. The van der Waals surface area contributed by atoms with Gasteiger partial charge in [-0.3, -0.25) is 0 Å². The standard InChI is InChI=1S/C18H23N3/c1-13-3-5-16(6-4-13)21-17-9-15-7-8-20-12-18(15,2)10-14(17)11-19/h3-6,9,11,19-21H,7-8,10,12H2,1-2H3. The Balaban J connectivity index is 1.90. The van der Waals surface area contributed by atoms with Gasteiger partial charge in [0, 0.05) is 29.6 Å². The summed E-state index contributed by atoms with van der Waals surface area (Å²) >= 11 is 0. The highest BCUT2D eigenvalue weighted by Crippen LogP contribution is 2.42. The molecule has 1 aromatic rings. The number of aryl methyl sites for hydroxylation is 1. The van der Waals surface area contributed by atoms with Crippen molar-refractivity contribution in [1.29, 1.82) is 5.41 Å². The van der Waals surface area contributed by atoms with Crippen LogP contribution in [0.15, 0.2) is 47.2 Å². The molecule has 0 radical (unpaired) electrons. The zero-order valence-corrected chi connectivity index (χ0v) is 12.8. The van der Waals surface area contributed by atoms with E-state index >= 15 is 0 Å². The zero-order valence-electron chi connectivity index (χ0n) is 12.8. The van der Waals surface area contributed by atoms with Crippen molar-refractivity contribution in [2.45, 2.75) is 26.7 Å². The van der Waals surface area contributed by atoms with Gasteiger partial charge < -0.3 is 16.0 Å². The molecule has 1 saturated heterocycles. The number of nitrogens with one attached hydrogen (secondary N) is 3. The van der Waals surface area contributed by atoms with E-state index in [-0.39, 0.29) is 5.41 Å². The normalized spacial score (nSPS) is 25.1. The van der Waals surface area contributed by atoms with Crippen LogP contribution in [0.2, 0.25) is 0 Å². The van der Waals surface area contributed by atoms with Crippen molar-refractivity contribution in [1.82, 2.24) is 5.32 Å². The topological polar surface area (TPSA) is 47.9 Å². The molecule has 1 unspecified atom stereocenters. The van der Waals surface area contributed by atoms with Gasteiger partial charge in [0.05, 0.1) is 0 Å². The predicted molar refractivity (Wildman–Crippen MR) is 88.9 cm³/mol. The van der Waals surface area contributed by atoms with Crippen LogP contribution in [-0.2, 0) is 0 Å². The molecular formula is C18H23N3. The maximum Gasteiger partial charge on any atom is 0.0432 e. The maximum absolute atomic E-state index is 7.75. The molecule has 110 valence electrons. The van der Waals surface area contributed by atoms with Gasteiger partial charge in [-0.2, -0.15) is 0 Å². The van der Waals surface area contributed by atoms with Crippen molar-refractivity contribution in [2.24, 2.45) is 5.41 Å². The van der Waals surface area contributed by atoms with Gasteiger partial charge in [0.25, 0.3) is 0 Å². The molecule has 1 fully saturated rings. The van der Waals surface area contributed by atoms with Gasteiger partial charge in [-0.05, 0) is 50.1 Å². The van der Waals surface area contributed by atoms with E-state index in [2.05, 4.69) is 54.8 Å². The average molecular weight is 281 g/mol. The number of rotatable bonds is 3. The highest BCUT2D eigenvalue weighted by Gasteiger charge is 2.35. The lowest BCUT2D eigenvalue weighted by atomic mass is 9.70. The quantitative estimate of drug-likeness (QED) is 0.741. The molecule has 1 aromatic carbocycles. The van der Waals surface area contributed by atoms with E-state index in [1.807, 2.05) is 0 Å². The molecule has 3 N–H and O–H groups in total. The van der Waals surface area contributed by atoms with E-state index in [0.717, 1.165) is 42.9 Å². The number of allylic oxidation sites excluding steroid dienone is 2. The molecule has 2 aliphatic rings. The van der Waals surface area contributed by atoms with Crippen LogP contribution in [0.25, 0.3) is 0 Å². The van der Waals surface area contributed by atoms with Crippen LogP contribution in [-0.4, -0.2) is 19.3 Å². The summed E-state index contributed by atoms with van der Waals surface area (Å²) in [4.78, 5) is 0. The van der Waals surface area contributed by atoms with Crippen molar-refractivity contribution in [2.75, 3.05) is 18.4 Å². The van der Waals surface area contributed by atoms with Crippen LogP contribution in [0.4, 0.5) is 5.69 Å².